The molecule has 1 aromatic rings. The van der Waals surface area contributed by atoms with Crippen molar-refractivity contribution in [1.29, 1.82) is 0 Å². The maximum atomic E-state index is 11.2. The van der Waals surface area contributed by atoms with Crippen LogP contribution in [0.15, 0.2) is 24.3 Å². The van der Waals surface area contributed by atoms with E-state index >= 15 is 0 Å². The summed E-state index contributed by atoms with van der Waals surface area (Å²) < 4.78 is 0. The lowest BCUT2D eigenvalue weighted by atomic mass is 10.1. The highest BCUT2D eigenvalue weighted by Crippen LogP contribution is 1.83. The predicted octanol–water partition coefficient (Wildman–Crippen LogP) is 0.404. The molecule has 0 spiro atoms. The molecule has 0 aromatic heterocycles. The van der Waals surface area contributed by atoms with Gasteiger partial charge in [-0.05, 0) is 24.3 Å². The first-order valence-electron chi connectivity index (χ1n) is 4.61. The minimum atomic E-state index is -0.0706. The van der Waals surface area contributed by atoms with E-state index in [-0.39, 0.29) is 5.91 Å². The number of rotatable bonds is 1. The summed E-state index contributed by atoms with van der Waals surface area (Å²) in [5, 5.41) is 4.66. The first-order chi connectivity index (χ1) is 6.65. The van der Waals surface area contributed by atoms with Crippen LogP contribution in [0.2, 0.25) is 0 Å². The highest BCUT2D eigenvalue weighted by Gasteiger charge is 1.91. The molecule has 0 saturated heterocycles. The molecule has 0 heterocycles. The van der Waals surface area contributed by atoms with E-state index in [9.17, 15) is 4.79 Å². The molecule has 0 aliphatic rings. The zero-order chi connectivity index (χ0) is 10.6. The number of amides is 1. The van der Waals surface area contributed by atoms with Crippen molar-refractivity contribution < 1.29 is 4.79 Å². The van der Waals surface area contributed by atoms with Gasteiger partial charge in [0.1, 0.15) is 0 Å². The Morgan fingerprint density at radius 3 is 2.50 bits per heavy atom. The van der Waals surface area contributed by atoms with Gasteiger partial charge in [-0.15, -0.1) is 0 Å². The van der Waals surface area contributed by atoms with Crippen molar-refractivity contribution in [2.75, 3.05) is 7.05 Å². The molecule has 1 rings (SSSR count). The Kier molecular flexibility index (Phi) is 3.46. The Morgan fingerprint density at radius 2 is 1.93 bits per heavy atom. The van der Waals surface area contributed by atoms with Crippen molar-refractivity contribution in [3.05, 3.63) is 34.7 Å². The van der Waals surface area contributed by atoms with Gasteiger partial charge in [-0.2, -0.15) is 0 Å². The van der Waals surface area contributed by atoms with Crippen LogP contribution in [0.25, 0.3) is 11.6 Å². The maximum Gasteiger partial charge on any atom is 0.244 e. The fraction of sp³-hybridized carbons (Fsp3) is 0.250. The summed E-state index contributed by atoms with van der Waals surface area (Å²) in [6.45, 7) is 4.08. The van der Waals surface area contributed by atoms with Crippen molar-refractivity contribution >= 4 is 17.6 Å². The lowest BCUT2D eigenvalue weighted by molar-refractivity contribution is -0.114. The average Bonchev–Trinajstić information content (AvgIpc) is 2.18. The summed E-state index contributed by atoms with van der Waals surface area (Å²) in [5.41, 5.74) is 1.21. The van der Waals surface area contributed by atoms with Crippen molar-refractivity contribution in [2.24, 2.45) is 0 Å². The van der Waals surface area contributed by atoms with E-state index in [4.69, 9.17) is 0 Å². The molecule has 0 fully saturated rings. The summed E-state index contributed by atoms with van der Waals surface area (Å²) in [6.07, 6.45) is 1.61. The quantitative estimate of drug-likeness (QED) is 0.681. The average molecular weight is 189 g/mol. The first-order valence-corrected chi connectivity index (χ1v) is 4.61. The van der Waals surface area contributed by atoms with Crippen LogP contribution in [-0.2, 0) is 4.79 Å². The van der Waals surface area contributed by atoms with E-state index in [1.165, 1.54) is 5.57 Å². The van der Waals surface area contributed by atoms with Crippen molar-refractivity contribution in [2.45, 2.75) is 13.8 Å². The molecule has 0 aliphatic carbocycles. The molecular formula is C12H15NO. The second kappa shape index (κ2) is 4.61. The maximum absolute atomic E-state index is 11.2. The standard InChI is InChI=1S/C12H15NO/c1-9(2)11-7-5-4-6-10(11)8-12(14)13-3/h4-8H,1-3H3,(H,13,14)/b10-8-. The molecule has 1 N–H and O–H groups in total. The van der Waals surface area contributed by atoms with Crippen molar-refractivity contribution in [3.8, 4) is 0 Å². The van der Waals surface area contributed by atoms with Gasteiger partial charge >= 0.3 is 0 Å². The van der Waals surface area contributed by atoms with E-state index < -0.39 is 0 Å². The summed E-state index contributed by atoms with van der Waals surface area (Å²) in [6, 6.07) is 7.87. The highest BCUT2D eigenvalue weighted by atomic mass is 16.1. The third-order valence-electron chi connectivity index (χ3n) is 2.03. The van der Waals surface area contributed by atoms with Gasteiger partial charge in [0.25, 0.3) is 0 Å². The fourth-order valence-corrected chi connectivity index (χ4v) is 1.29. The molecule has 2 heteroatoms. The molecule has 14 heavy (non-hydrogen) atoms. The number of hydrogen-bond acceptors (Lipinski definition) is 1. The van der Waals surface area contributed by atoms with Crippen LogP contribution in [0.5, 0.6) is 0 Å². The summed E-state index contributed by atoms with van der Waals surface area (Å²) in [4.78, 5) is 11.2. The molecular weight excluding hydrogens is 174 g/mol. The largest absolute Gasteiger partial charge is 0.356 e. The van der Waals surface area contributed by atoms with Crippen LogP contribution in [-0.4, -0.2) is 13.0 Å². The van der Waals surface area contributed by atoms with Crippen LogP contribution < -0.4 is 15.8 Å². The van der Waals surface area contributed by atoms with Gasteiger partial charge in [-0.3, -0.25) is 4.79 Å². The van der Waals surface area contributed by atoms with E-state index in [0.717, 1.165) is 10.4 Å². The first kappa shape index (κ1) is 10.5. The molecule has 0 radical (unpaired) electrons. The van der Waals surface area contributed by atoms with Crippen LogP contribution in [0, 0.1) is 0 Å². The summed E-state index contributed by atoms with van der Waals surface area (Å²) in [5.74, 6) is -0.0706. The summed E-state index contributed by atoms with van der Waals surface area (Å²) in [7, 11) is 1.63. The molecule has 0 atom stereocenters. The predicted molar refractivity (Wildman–Crippen MR) is 59.0 cm³/mol. The molecule has 1 aromatic carbocycles. The van der Waals surface area contributed by atoms with Gasteiger partial charge < -0.3 is 5.32 Å². The SMILES string of the molecule is CNC(=O)/C=c1/ccccc1=C(C)C. The Morgan fingerprint density at radius 1 is 1.29 bits per heavy atom. The molecule has 2 nitrogen and oxygen atoms in total. The molecule has 74 valence electrons. The lowest BCUT2D eigenvalue weighted by Gasteiger charge is -1.94. The van der Waals surface area contributed by atoms with Gasteiger partial charge in [-0.25, -0.2) is 0 Å². The number of nitrogens with one attached hydrogen (secondary N) is 1. The van der Waals surface area contributed by atoms with E-state index in [0.29, 0.717) is 0 Å². The topological polar surface area (TPSA) is 29.1 Å². The van der Waals surface area contributed by atoms with Gasteiger partial charge in [0.15, 0.2) is 0 Å². The second-order valence-electron chi connectivity index (χ2n) is 3.35. The van der Waals surface area contributed by atoms with Crippen LogP contribution in [0.3, 0.4) is 0 Å². The molecule has 0 aliphatic heterocycles. The van der Waals surface area contributed by atoms with Crippen LogP contribution in [0.4, 0.5) is 0 Å². The molecule has 1 amide bonds. The van der Waals surface area contributed by atoms with Crippen molar-refractivity contribution in [1.82, 2.24) is 5.32 Å². The third-order valence-corrected chi connectivity index (χ3v) is 2.03. The minimum Gasteiger partial charge on any atom is -0.356 e. The molecule has 0 unspecified atom stereocenters. The smallest absolute Gasteiger partial charge is 0.244 e. The van der Waals surface area contributed by atoms with Gasteiger partial charge in [-0.1, -0.05) is 29.8 Å². The number of carbonyl (C=O) groups excluding carboxylic acids is 1. The zero-order valence-electron chi connectivity index (χ0n) is 8.79. The Hall–Kier alpha value is -1.57. The van der Waals surface area contributed by atoms with Crippen molar-refractivity contribution in [3.63, 3.8) is 0 Å². The molecule has 0 saturated carbocycles. The number of carbonyl (C=O) groups is 1. The van der Waals surface area contributed by atoms with E-state index in [1.807, 2.05) is 38.1 Å². The number of benzene rings is 1. The Labute approximate surface area is 84.0 Å². The van der Waals surface area contributed by atoms with Gasteiger partial charge in [0.2, 0.25) is 5.91 Å². The van der Waals surface area contributed by atoms with Crippen LogP contribution in [0.1, 0.15) is 13.8 Å². The normalized spacial score (nSPS) is 11.2. The Balaban J connectivity index is 3.43. The summed E-state index contributed by atoms with van der Waals surface area (Å²) >= 11 is 0. The fourth-order valence-electron chi connectivity index (χ4n) is 1.29. The van der Waals surface area contributed by atoms with Crippen LogP contribution >= 0.6 is 0 Å². The van der Waals surface area contributed by atoms with E-state index in [2.05, 4.69) is 5.32 Å². The minimum absolute atomic E-state index is 0.0706. The Bertz CT molecular complexity index is 442. The monoisotopic (exact) mass is 189 g/mol. The number of hydrogen-bond donors (Lipinski definition) is 1. The van der Waals surface area contributed by atoms with Gasteiger partial charge in [0.05, 0.1) is 0 Å². The lowest BCUT2D eigenvalue weighted by Crippen LogP contribution is -2.29. The zero-order valence-corrected chi connectivity index (χ0v) is 8.79. The molecule has 0 bridgehead atoms. The van der Waals surface area contributed by atoms with Gasteiger partial charge in [0, 0.05) is 13.1 Å². The second-order valence-corrected chi connectivity index (χ2v) is 3.35. The highest BCUT2D eigenvalue weighted by molar-refractivity contribution is 6.03. The van der Waals surface area contributed by atoms with E-state index in [1.54, 1.807) is 13.1 Å². The third kappa shape index (κ3) is 2.46.